The topological polar surface area (TPSA) is 82.6 Å². The van der Waals surface area contributed by atoms with Crippen molar-refractivity contribution in [3.8, 4) is 22.9 Å². The number of halogens is 3. The van der Waals surface area contributed by atoms with Crippen LogP contribution >= 0.6 is 22.9 Å². The highest BCUT2D eigenvalue weighted by Gasteiger charge is 2.38. The van der Waals surface area contributed by atoms with Crippen molar-refractivity contribution in [1.29, 1.82) is 5.26 Å². The molecule has 0 spiro atoms. The summed E-state index contributed by atoms with van der Waals surface area (Å²) in [5.74, 6) is -1.58. The van der Waals surface area contributed by atoms with Crippen molar-refractivity contribution in [2.75, 3.05) is 32.0 Å². The quantitative estimate of drug-likeness (QED) is 0.540. The van der Waals surface area contributed by atoms with E-state index in [1.165, 1.54) is 12.1 Å². The molecule has 34 heavy (non-hydrogen) atoms. The molecule has 0 saturated carbocycles. The van der Waals surface area contributed by atoms with Gasteiger partial charge in [-0.05, 0) is 31.5 Å². The molecular formula is C24H21ClF2N4O2S. The van der Waals surface area contributed by atoms with Gasteiger partial charge in [0, 0.05) is 36.6 Å². The van der Waals surface area contributed by atoms with Gasteiger partial charge in [-0.1, -0.05) is 17.7 Å². The molecule has 1 amide bonds. The van der Waals surface area contributed by atoms with E-state index in [0.29, 0.717) is 25.7 Å². The minimum atomic E-state index is -0.762. The van der Waals surface area contributed by atoms with E-state index < -0.39 is 11.6 Å². The van der Waals surface area contributed by atoms with Crippen LogP contribution < -0.4 is 10.5 Å². The molecule has 2 aromatic carbocycles. The molecule has 1 saturated heterocycles. The van der Waals surface area contributed by atoms with Crippen LogP contribution in [-0.4, -0.2) is 54.0 Å². The molecule has 6 nitrogen and oxygen atoms in total. The summed E-state index contributed by atoms with van der Waals surface area (Å²) >= 11 is 7.59. The highest BCUT2D eigenvalue weighted by Crippen LogP contribution is 2.47. The number of rotatable bonds is 2. The summed E-state index contributed by atoms with van der Waals surface area (Å²) in [7, 11) is 0. The van der Waals surface area contributed by atoms with Gasteiger partial charge in [0.15, 0.2) is 5.75 Å². The zero-order valence-corrected chi connectivity index (χ0v) is 20.1. The first kappa shape index (κ1) is 22.8. The molecule has 2 N–H and O–H groups in total. The van der Waals surface area contributed by atoms with Gasteiger partial charge >= 0.3 is 0 Å². The Labute approximate surface area is 204 Å². The van der Waals surface area contributed by atoms with Crippen LogP contribution in [0.5, 0.6) is 5.75 Å². The van der Waals surface area contributed by atoms with Crippen molar-refractivity contribution in [2.45, 2.75) is 25.9 Å². The molecule has 1 fully saturated rings. The number of hydrogen-bond acceptors (Lipinski definition) is 6. The lowest BCUT2D eigenvalue weighted by Crippen LogP contribution is -2.57. The van der Waals surface area contributed by atoms with Gasteiger partial charge in [0.05, 0.1) is 26.9 Å². The SMILES string of the molecule is CC(C)N1CCN2C(=O)c3cc(F)c(-c4ccc(F)c5sc(N)c(C#N)c45)c(Cl)c3OCC2C1. The van der Waals surface area contributed by atoms with Gasteiger partial charge in [-0.2, -0.15) is 5.26 Å². The molecule has 1 atom stereocenters. The molecule has 0 bridgehead atoms. The molecule has 0 aliphatic carbocycles. The molecule has 3 aromatic rings. The summed E-state index contributed by atoms with van der Waals surface area (Å²) in [6.45, 7) is 6.26. The summed E-state index contributed by atoms with van der Waals surface area (Å²) in [6.07, 6.45) is 0. The number of hydrogen-bond donors (Lipinski definition) is 1. The van der Waals surface area contributed by atoms with Gasteiger partial charge in [-0.3, -0.25) is 9.69 Å². The lowest BCUT2D eigenvalue weighted by Gasteiger charge is -2.41. The normalized spacial score (nSPS) is 18.4. The smallest absolute Gasteiger partial charge is 0.258 e. The summed E-state index contributed by atoms with van der Waals surface area (Å²) in [5.41, 5.74) is 6.20. The highest BCUT2D eigenvalue weighted by molar-refractivity contribution is 7.23. The van der Waals surface area contributed by atoms with Crippen LogP contribution in [0.25, 0.3) is 21.2 Å². The second kappa shape index (κ2) is 8.38. The van der Waals surface area contributed by atoms with Crippen LogP contribution in [0.1, 0.15) is 29.8 Å². The first-order valence-corrected chi connectivity index (χ1v) is 12.0. The molecule has 0 radical (unpaired) electrons. The predicted molar refractivity (Wildman–Crippen MR) is 128 cm³/mol. The Bertz CT molecular complexity index is 1380. The number of benzene rings is 2. The van der Waals surface area contributed by atoms with Crippen LogP contribution in [0.4, 0.5) is 13.8 Å². The van der Waals surface area contributed by atoms with Crippen LogP contribution in [0, 0.1) is 23.0 Å². The molecule has 3 heterocycles. The Balaban J connectivity index is 1.66. The maximum absolute atomic E-state index is 15.6. The summed E-state index contributed by atoms with van der Waals surface area (Å²) in [4.78, 5) is 17.3. The van der Waals surface area contributed by atoms with Crippen LogP contribution in [-0.2, 0) is 0 Å². The number of carbonyl (C=O) groups excluding carboxylic acids is 1. The van der Waals surface area contributed by atoms with E-state index in [0.717, 1.165) is 17.4 Å². The van der Waals surface area contributed by atoms with Crippen molar-refractivity contribution in [3.63, 3.8) is 0 Å². The number of nitrogens with two attached hydrogens (primary N) is 1. The van der Waals surface area contributed by atoms with Gasteiger partial charge in [0.1, 0.15) is 29.3 Å². The van der Waals surface area contributed by atoms with Gasteiger partial charge in [0.25, 0.3) is 5.91 Å². The fraction of sp³-hybridized carbons (Fsp3) is 0.333. The maximum Gasteiger partial charge on any atom is 0.258 e. The molecule has 2 aliphatic heterocycles. The van der Waals surface area contributed by atoms with E-state index >= 15 is 4.39 Å². The van der Waals surface area contributed by atoms with Crippen molar-refractivity contribution in [2.24, 2.45) is 0 Å². The minimum absolute atomic E-state index is 0.0513. The number of fused-ring (bicyclic) bond motifs is 3. The number of carbonyl (C=O) groups is 1. The number of ether oxygens (including phenoxy) is 1. The van der Waals surface area contributed by atoms with Crippen LogP contribution in [0.15, 0.2) is 18.2 Å². The lowest BCUT2D eigenvalue weighted by molar-refractivity contribution is 0.0311. The van der Waals surface area contributed by atoms with Gasteiger partial charge in [-0.25, -0.2) is 8.78 Å². The fourth-order valence-electron chi connectivity index (χ4n) is 4.75. The number of amides is 1. The number of nitrogen functional groups attached to an aromatic ring is 1. The third kappa shape index (κ3) is 3.40. The van der Waals surface area contributed by atoms with Gasteiger partial charge < -0.3 is 15.4 Å². The van der Waals surface area contributed by atoms with Crippen LogP contribution in [0.3, 0.4) is 0 Å². The molecule has 5 rings (SSSR count). The molecule has 2 aliphatic rings. The average Bonchev–Trinajstić information content (AvgIpc) is 3.08. The van der Waals surface area contributed by atoms with E-state index in [-0.39, 0.29) is 66.7 Å². The van der Waals surface area contributed by atoms with E-state index in [1.807, 2.05) is 6.07 Å². The van der Waals surface area contributed by atoms with Gasteiger partial charge in [0.2, 0.25) is 0 Å². The second-order valence-corrected chi connectivity index (χ2v) is 10.2. The standard InChI is InChI=1S/C24H21ClF2N4O2S/c1-11(2)30-5-6-31-12(9-30)10-33-21-14(24(31)32)7-17(27)19(20(21)25)13-3-4-16(26)22-18(13)15(8-28)23(29)34-22/h3-4,7,11-12H,5-6,9-10,29H2,1-2H3. The summed E-state index contributed by atoms with van der Waals surface area (Å²) in [6, 6.07) is 5.77. The van der Waals surface area contributed by atoms with Crippen LogP contribution in [0.2, 0.25) is 5.02 Å². The lowest BCUT2D eigenvalue weighted by atomic mass is 9.96. The van der Waals surface area contributed by atoms with E-state index in [2.05, 4.69) is 18.7 Å². The van der Waals surface area contributed by atoms with Gasteiger partial charge in [-0.15, -0.1) is 11.3 Å². The molecule has 1 aromatic heterocycles. The Morgan fingerprint density at radius 1 is 1.26 bits per heavy atom. The third-order valence-corrected chi connectivity index (χ3v) is 7.92. The zero-order chi connectivity index (χ0) is 24.3. The molecule has 1 unspecified atom stereocenters. The first-order chi connectivity index (χ1) is 16.2. The number of anilines is 1. The Kier molecular flexibility index (Phi) is 5.63. The second-order valence-electron chi connectivity index (χ2n) is 8.73. The third-order valence-electron chi connectivity index (χ3n) is 6.53. The predicted octanol–water partition coefficient (Wildman–Crippen LogP) is 4.88. The van der Waals surface area contributed by atoms with Crippen molar-refractivity contribution < 1.29 is 18.3 Å². The summed E-state index contributed by atoms with van der Waals surface area (Å²) in [5, 5.41) is 9.83. The molecular weight excluding hydrogens is 482 g/mol. The zero-order valence-electron chi connectivity index (χ0n) is 18.5. The monoisotopic (exact) mass is 502 g/mol. The Morgan fingerprint density at radius 3 is 2.74 bits per heavy atom. The summed E-state index contributed by atoms with van der Waals surface area (Å²) < 4.78 is 36.2. The highest BCUT2D eigenvalue weighted by atomic mass is 35.5. The minimum Gasteiger partial charge on any atom is -0.489 e. The Hall–Kier alpha value is -2.93. The average molecular weight is 503 g/mol. The fourth-order valence-corrected chi connectivity index (χ4v) is 6.05. The van der Waals surface area contributed by atoms with Crippen molar-refractivity contribution in [3.05, 3.63) is 46.0 Å². The van der Waals surface area contributed by atoms with Crippen molar-refractivity contribution in [1.82, 2.24) is 9.80 Å². The number of nitrogens with zero attached hydrogens (tertiary/aromatic N) is 3. The van der Waals surface area contributed by atoms with E-state index in [9.17, 15) is 14.4 Å². The van der Waals surface area contributed by atoms with E-state index in [1.54, 1.807) is 4.90 Å². The number of thiophene rings is 1. The number of nitriles is 1. The molecule has 176 valence electrons. The van der Waals surface area contributed by atoms with Crippen molar-refractivity contribution >= 4 is 43.9 Å². The number of piperazine rings is 1. The maximum atomic E-state index is 15.6. The molecule has 10 heteroatoms. The largest absolute Gasteiger partial charge is 0.489 e. The Morgan fingerprint density at radius 2 is 2.03 bits per heavy atom. The first-order valence-electron chi connectivity index (χ1n) is 10.8. The van der Waals surface area contributed by atoms with E-state index in [4.69, 9.17) is 22.1 Å².